The Kier molecular flexibility index (Phi) is 2.73. The van der Waals surface area contributed by atoms with Crippen LogP contribution in [-0.2, 0) is 0 Å². The highest BCUT2D eigenvalue weighted by Crippen LogP contribution is 2.11. The number of rotatable bonds is 2. The normalized spacial score (nSPS) is 10.4. The van der Waals surface area contributed by atoms with Gasteiger partial charge in [0.15, 0.2) is 0 Å². The molecule has 0 aliphatic heterocycles. The molecule has 1 aromatic rings. The molecule has 0 unspecified atom stereocenters. The van der Waals surface area contributed by atoms with E-state index in [1.165, 1.54) is 5.56 Å². The molecule has 0 heterocycles. The van der Waals surface area contributed by atoms with Crippen molar-refractivity contribution in [1.82, 2.24) is 0 Å². The summed E-state index contributed by atoms with van der Waals surface area (Å²) in [5, 5.41) is 0. The molecule has 0 spiro atoms. The minimum atomic E-state index is 0.883. The van der Waals surface area contributed by atoms with Crippen LogP contribution in [0.5, 0.6) is 5.75 Å². The lowest BCUT2D eigenvalue weighted by atomic mass is 10.2. The Morgan fingerprint density at radius 3 is 2.36 bits per heavy atom. The van der Waals surface area contributed by atoms with E-state index in [1.54, 1.807) is 6.26 Å². The van der Waals surface area contributed by atoms with Gasteiger partial charge >= 0.3 is 0 Å². The summed E-state index contributed by atoms with van der Waals surface area (Å²) >= 11 is 0. The molecule has 0 aliphatic rings. The molecule has 0 N–H and O–H groups in total. The Balaban J connectivity index is 2.66. The molecule has 0 saturated carbocycles. The van der Waals surface area contributed by atoms with Crippen molar-refractivity contribution in [2.45, 2.75) is 13.8 Å². The van der Waals surface area contributed by atoms with Crippen molar-refractivity contribution in [2.24, 2.45) is 0 Å². The maximum atomic E-state index is 5.23. The van der Waals surface area contributed by atoms with E-state index < -0.39 is 0 Å². The standard InChI is InChI=1S/C10H12O/c1-3-8-11-10-6-4-9(2)5-7-10/h3-8H,1-2H3. The number of benzene rings is 1. The Labute approximate surface area is 67.3 Å². The largest absolute Gasteiger partial charge is 0.465 e. The zero-order valence-corrected chi connectivity index (χ0v) is 6.87. The molecule has 11 heavy (non-hydrogen) atoms. The third-order valence-electron chi connectivity index (χ3n) is 1.36. The van der Waals surface area contributed by atoms with Gasteiger partial charge < -0.3 is 4.74 Å². The van der Waals surface area contributed by atoms with Gasteiger partial charge in [-0.15, -0.1) is 0 Å². The SMILES string of the molecule is CC=COc1ccc(C)cc1. The third kappa shape index (κ3) is 2.46. The van der Waals surface area contributed by atoms with Gasteiger partial charge in [-0.2, -0.15) is 0 Å². The summed E-state index contributed by atoms with van der Waals surface area (Å²) in [7, 11) is 0. The summed E-state index contributed by atoms with van der Waals surface area (Å²) in [6, 6.07) is 7.96. The lowest BCUT2D eigenvalue weighted by Gasteiger charge is -1.98. The first-order valence-corrected chi connectivity index (χ1v) is 3.67. The van der Waals surface area contributed by atoms with Gasteiger partial charge in [-0.1, -0.05) is 23.8 Å². The van der Waals surface area contributed by atoms with Crippen molar-refractivity contribution < 1.29 is 4.74 Å². The monoisotopic (exact) mass is 148 g/mol. The zero-order valence-electron chi connectivity index (χ0n) is 6.87. The van der Waals surface area contributed by atoms with Crippen LogP contribution in [0, 0.1) is 6.92 Å². The van der Waals surface area contributed by atoms with E-state index in [2.05, 4.69) is 6.92 Å². The summed E-state index contributed by atoms with van der Waals surface area (Å²) in [6.07, 6.45) is 3.53. The predicted octanol–water partition coefficient (Wildman–Crippen LogP) is 2.91. The quantitative estimate of drug-likeness (QED) is 0.586. The number of allylic oxidation sites excluding steroid dienone is 1. The lowest BCUT2D eigenvalue weighted by molar-refractivity contribution is 0.480. The molecule has 0 aliphatic carbocycles. The van der Waals surface area contributed by atoms with Crippen molar-refractivity contribution in [3.8, 4) is 5.75 Å². The first-order chi connectivity index (χ1) is 5.33. The second-order valence-corrected chi connectivity index (χ2v) is 2.40. The van der Waals surface area contributed by atoms with Gasteiger partial charge in [0.25, 0.3) is 0 Å². The van der Waals surface area contributed by atoms with Crippen LogP contribution in [0.3, 0.4) is 0 Å². The second kappa shape index (κ2) is 3.81. The number of hydrogen-bond donors (Lipinski definition) is 0. The predicted molar refractivity (Wildman–Crippen MR) is 46.6 cm³/mol. The van der Waals surface area contributed by atoms with Crippen LogP contribution in [0.4, 0.5) is 0 Å². The Morgan fingerprint density at radius 2 is 1.82 bits per heavy atom. The molecule has 0 fully saturated rings. The number of hydrogen-bond acceptors (Lipinski definition) is 1. The van der Waals surface area contributed by atoms with Gasteiger partial charge in [-0.3, -0.25) is 0 Å². The van der Waals surface area contributed by atoms with Crippen molar-refractivity contribution in [2.75, 3.05) is 0 Å². The highest BCUT2D eigenvalue weighted by molar-refractivity contribution is 5.26. The van der Waals surface area contributed by atoms with Crippen LogP contribution in [-0.4, -0.2) is 0 Å². The fourth-order valence-corrected chi connectivity index (χ4v) is 0.763. The van der Waals surface area contributed by atoms with Gasteiger partial charge in [0, 0.05) is 0 Å². The Bertz CT molecular complexity index is 234. The summed E-state index contributed by atoms with van der Waals surface area (Å²) < 4.78 is 5.23. The van der Waals surface area contributed by atoms with Crippen molar-refractivity contribution in [3.63, 3.8) is 0 Å². The van der Waals surface area contributed by atoms with Crippen LogP contribution in [0.25, 0.3) is 0 Å². The minimum Gasteiger partial charge on any atom is -0.465 e. The van der Waals surface area contributed by atoms with Crippen molar-refractivity contribution >= 4 is 0 Å². The summed E-state index contributed by atoms with van der Waals surface area (Å²) in [5.41, 5.74) is 1.25. The van der Waals surface area contributed by atoms with Crippen LogP contribution >= 0.6 is 0 Å². The van der Waals surface area contributed by atoms with Crippen LogP contribution < -0.4 is 4.74 Å². The van der Waals surface area contributed by atoms with Crippen LogP contribution in [0.2, 0.25) is 0 Å². The highest BCUT2D eigenvalue weighted by Gasteiger charge is 1.87. The highest BCUT2D eigenvalue weighted by atomic mass is 16.5. The first-order valence-electron chi connectivity index (χ1n) is 3.67. The zero-order chi connectivity index (χ0) is 8.10. The minimum absolute atomic E-state index is 0.883. The van der Waals surface area contributed by atoms with Gasteiger partial charge in [-0.05, 0) is 26.0 Å². The first kappa shape index (κ1) is 7.86. The fourth-order valence-electron chi connectivity index (χ4n) is 0.763. The lowest BCUT2D eigenvalue weighted by Crippen LogP contribution is -1.80. The number of ether oxygens (including phenoxy) is 1. The molecule has 0 radical (unpaired) electrons. The molecule has 1 aromatic carbocycles. The summed E-state index contributed by atoms with van der Waals surface area (Å²) in [6.45, 7) is 3.98. The molecule has 0 amide bonds. The van der Waals surface area contributed by atoms with E-state index in [-0.39, 0.29) is 0 Å². The summed E-state index contributed by atoms with van der Waals surface area (Å²) in [5.74, 6) is 0.883. The molecular formula is C10H12O. The molecule has 0 atom stereocenters. The second-order valence-electron chi connectivity index (χ2n) is 2.40. The Morgan fingerprint density at radius 1 is 1.18 bits per heavy atom. The average molecular weight is 148 g/mol. The molecule has 58 valence electrons. The van der Waals surface area contributed by atoms with Crippen LogP contribution in [0.15, 0.2) is 36.6 Å². The molecule has 1 nitrogen and oxygen atoms in total. The maximum Gasteiger partial charge on any atom is 0.126 e. The molecule has 1 heteroatoms. The Hall–Kier alpha value is -1.24. The number of aryl methyl sites for hydroxylation is 1. The van der Waals surface area contributed by atoms with E-state index in [1.807, 2.05) is 37.3 Å². The topological polar surface area (TPSA) is 9.23 Å². The van der Waals surface area contributed by atoms with E-state index in [4.69, 9.17) is 4.74 Å². The van der Waals surface area contributed by atoms with E-state index in [9.17, 15) is 0 Å². The molecule has 1 rings (SSSR count). The average Bonchev–Trinajstić information content (AvgIpc) is 2.04. The smallest absolute Gasteiger partial charge is 0.126 e. The van der Waals surface area contributed by atoms with E-state index in [0.29, 0.717) is 0 Å². The van der Waals surface area contributed by atoms with E-state index >= 15 is 0 Å². The molecule has 0 aromatic heterocycles. The maximum absolute atomic E-state index is 5.23. The van der Waals surface area contributed by atoms with Gasteiger partial charge in [0.2, 0.25) is 0 Å². The van der Waals surface area contributed by atoms with Crippen molar-refractivity contribution in [1.29, 1.82) is 0 Å². The van der Waals surface area contributed by atoms with Gasteiger partial charge in [0.05, 0.1) is 6.26 Å². The van der Waals surface area contributed by atoms with E-state index in [0.717, 1.165) is 5.75 Å². The van der Waals surface area contributed by atoms with Gasteiger partial charge in [0.1, 0.15) is 5.75 Å². The fraction of sp³-hybridized carbons (Fsp3) is 0.200. The molecule has 0 saturated heterocycles. The summed E-state index contributed by atoms with van der Waals surface area (Å²) in [4.78, 5) is 0. The molecular weight excluding hydrogens is 136 g/mol. The van der Waals surface area contributed by atoms with Crippen molar-refractivity contribution in [3.05, 3.63) is 42.2 Å². The third-order valence-corrected chi connectivity index (χ3v) is 1.36. The van der Waals surface area contributed by atoms with Crippen LogP contribution in [0.1, 0.15) is 12.5 Å². The molecule has 0 bridgehead atoms. The van der Waals surface area contributed by atoms with Gasteiger partial charge in [-0.25, -0.2) is 0 Å².